The monoisotopic (exact) mass is 366 g/mol. The van der Waals surface area contributed by atoms with Crippen LogP contribution in [0.5, 0.6) is 0 Å². The average Bonchev–Trinajstić information content (AvgIpc) is 2.99. The van der Waals surface area contributed by atoms with E-state index >= 15 is 0 Å². The van der Waals surface area contributed by atoms with E-state index in [1.165, 1.54) is 129 Å². The third-order valence-electron chi connectivity index (χ3n) is 6.28. The van der Waals surface area contributed by atoms with Crippen LogP contribution in [0.4, 0.5) is 0 Å². The van der Waals surface area contributed by atoms with E-state index in [2.05, 4.69) is 25.3 Å². The Kier molecular flexibility index (Phi) is 15.3. The van der Waals surface area contributed by atoms with E-state index in [1.807, 2.05) is 0 Å². The summed E-state index contributed by atoms with van der Waals surface area (Å²) in [5, 5.41) is 0. The highest BCUT2D eigenvalue weighted by Crippen LogP contribution is 2.09. The summed E-state index contributed by atoms with van der Waals surface area (Å²) in [4.78, 5) is 1.77. The van der Waals surface area contributed by atoms with Gasteiger partial charge in [-0.25, -0.2) is 4.90 Å². The Morgan fingerprint density at radius 3 is 1.65 bits per heavy atom. The lowest BCUT2D eigenvalue weighted by atomic mass is 10.1. The van der Waals surface area contributed by atoms with Gasteiger partial charge in [0.2, 0.25) is 0 Å². The maximum absolute atomic E-state index is 2.68. The number of hydrogen-bond acceptors (Lipinski definition) is 0. The summed E-state index contributed by atoms with van der Waals surface area (Å²) in [7, 11) is 0. The first kappa shape index (κ1) is 23.7. The second kappa shape index (κ2) is 16.8. The standard InChI is InChI=1S/C24H49N2/c1-4-6-8-10-12-14-16-18-20-25-22-23-26(24(25)3)21-19-17-15-13-11-9-7-5-2/h4-23H2,1-3H3/q+1/p+1. The predicted octanol–water partition coefficient (Wildman–Crippen LogP) is 5.60. The molecule has 0 aromatic rings. The second-order valence-corrected chi connectivity index (χ2v) is 8.63. The van der Waals surface area contributed by atoms with Crippen molar-refractivity contribution < 1.29 is 9.48 Å². The molecule has 0 aromatic heterocycles. The molecule has 1 N–H and O–H groups in total. The number of hydrogen-bond donors (Lipinski definition) is 1. The van der Waals surface area contributed by atoms with Crippen molar-refractivity contribution in [2.45, 2.75) is 124 Å². The number of rotatable bonds is 18. The van der Waals surface area contributed by atoms with E-state index in [0.29, 0.717) is 0 Å². The molecule has 0 fully saturated rings. The maximum atomic E-state index is 2.68. The van der Waals surface area contributed by atoms with Crippen LogP contribution < -0.4 is 4.90 Å². The number of nitrogens with one attached hydrogen (secondary N) is 1. The lowest BCUT2D eigenvalue weighted by Crippen LogP contribution is -3.13. The second-order valence-electron chi connectivity index (χ2n) is 8.63. The van der Waals surface area contributed by atoms with Crippen LogP contribution in [0.15, 0.2) is 0 Å². The minimum absolute atomic E-state index is 1.30. The van der Waals surface area contributed by atoms with Crippen molar-refractivity contribution in [1.29, 1.82) is 0 Å². The SMILES string of the molecule is CCCCCCCCCC[N+]1=C(C)[NH+](CCCCCCCCCC)CC1. The molecule has 1 unspecified atom stereocenters. The molecule has 2 nitrogen and oxygen atoms in total. The van der Waals surface area contributed by atoms with Crippen molar-refractivity contribution in [1.82, 2.24) is 0 Å². The molecule has 154 valence electrons. The van der Waals surface area contributed by atoms with Crippen LogP contribution in [0.25, 0.3) is 0 Å². The van der Waals surface area contributed by atoms with Gasteiger partial charge in [0.15, 0.2) is 6.54 Å². The largest absolute Gasteiger partial charge is 0.333 e. The number of unbranched alkanes of at least 4 members (excludes halogenated alkanes) is 14. The van der Waals surface area contributed by atoms with Crippen LogP contribution in [-0.4, -0.2) is 36.6 Å². The minimum atomic E-state index is 1.30. The Morgan fingerprint density at radius 2 is 1.12 bits per heavy atom. The topological polar surface area (TPSA) is 7.45 Å². The molecule has 1 aliphatic rings. The van der Waals surface area contributed by atoms with Gasteiger partial charge in [-0.05, 0) is 19.3 Å². The Hall–Kier alpha value is -0.370. The van der Waals surface area contributed by atoms with Crippen LogP contribution in [0.3, 0.4) is 0 Å². The summed E-state index contributed by atoms with van der Waals surface area (Å²) in [6.45, 7) is 12.3. The predicted molar refractivity (Wildman–Crippen MR) is 117 cm³/mol. The van der Waals surface area contributed by atoms with Crippen LogP contribution >= 0.6 is 0 Å². The molecule has 1 aliphatic heterocycles. The molecule has 0 saturated heterocycles. The number of nitrogens with zero attached hydrogens (tertiary/aromatic N) is 1. The van der Waals surface area contributed by atoms with Gasteiger partial charge >= 0.3 is 5.84 Å². The molecule has 1 heterocycles. The number of quaternary nitrogens is 1. The number of amidine groups is 1. The summed E-state index contributed by atoms with van der Waals surface area (Å²) in [5.74, 6) is 1.64. The molecule has 0 radical (unpaired) electrons. The van der Waals surface area contributed by atoms with Gasteiger partial charge in [-0.2, -0.15) is 4.58 Å². The van der Waals surface area contributed by atoms with Crippen molar-refractivity contribution in [3.05, 3.63) is 0 Å². The normalized spacial score (nSPS) is 17.4. The fraction of sp³-hybridized carbons (Fsp3) is 0.958. The molecule has 2 heteroatoms. The summed E-state index contributed by atoms with van der Waals surface area (Å²) >= 11 is 0. The van der Waals surface area contributed by atoms with Crippen molar-refractivity contribution in [2.75, 3.05) is 26.2 Å². The van der Waals surface area contributed by atoms with Crippen LogP contribution in [-0.2, 0) is 0 Å². The zero-order valence-electron chi connectivity index (χ0n) is 18.6. The highest BCUT2D eigenvalue weighted by atomic mass is 15.3. The van der Waals surface area contributed by atoms with Crippen molar-refractivity contribution in [2.24, 2.45) is 0 Å². The van der Waals surface area contributed by atoms with Gasteiger partial charge in [0.25, 0.3) is 0 Å². The van der Waals surface area contributed by atoms with E-state index < -0.39 is 0 Å². The maximum Gasteiger partial charge on any atom is 0.333 e. The van der Waals surface area contributed by atoms with Gasteiger partial charge in [0.1, 0.15) is 13.1 Å². The Labute approximate surface area is 165 Å². The quantitative estimate of drug-likeness (QED) is 0.239. The first-order valence-electron chi connectivity index (χ1n) is 12.2. The fourth-order valence-electron chi connectivity index (χ4n) is 4.34. The fourth-order valence-corrected chi connectivity index (χ4v) is 4.34. The minimum Gasteiger partial charge on any atom is -0.246 e. The van der Waals surface area contributed by atoms with Gasteiger partial charge in [-0.1, -0.05) is 90.9 Å². The van der Waals surface area contributed by atoms with Crippen molar-refractivity contribution in [3.8, 4) is 0 Å². The van der Waals surface area contributed by atoms with Gasteiger partial charge in [-0.15, -0.1) is 0 Å². The highest BCUT2D eigenvalue weighted by molar-refractivity contribution is 5.65. The van der Waals surface area contributed by atoms with Crippen LogP contribution in [0.1, 0.15) is 124 Å². The van der Waals surface area contributed by atoms with E-state index in [0.717, 1.165) is 0 Å². The molecule has 0 saturated carbocycles. The zero-order chi connectivity index (χ0) is 18.9. The highest BCUT2D eigenvalue weighted by Gasteiger charge is 2.30. The average molecular weight is 367 g/mol. The molecule has 0 aliphatic carbocycles. The van der Waals surface area contributed by atoms with E-state index in [9.17, 15) is 0 Å². The van der Waals surface area contributed by atoms with Crippen LogP contribution in [0, 0.1) is 0 Å². The first-order chi connectivity index (χ1) is 12.8. The zero-order valence-corrected chi connectivity index (χ0v) is 18.6. The Balaban J connectivity index is 2.00. The van der Waals surface area contributed by atoms with Crippen molar-refractivity contribution in [3.63, 3.8) is 0 Å². The molecule has 26 heavy (non-hydrogen) atoms. The lowest BCUT2D eigenvalue weighted by molar-refractivity contribution is -0.802. The van der Waals surface area contributed by atoms with E-state index in [4.69, 9.17) is 0 Å². The smallest absolute Gasteiger partial charge is 0.246 e. The third kappa shape index (κ3) is 11.4. The summed E-state index contributed by atoms with van der Waals surface area (Å²) in [6, 6.07) is 0. The van der Waals surface area contributed by atoms with Gasteiger partial charge in [-0.3, -0.25) is 0 Å². The van der Waals surface area contributed by atoms with Gasteiger partial charge in [0, 0.05) is 6.42 Å². The lowest BCUT2D eigenvalue weighted by Gasteiger charge is -2.08. The molecule has 0 amide bonds. The van der Waals surface area contributed by atoms with Crippen molar-refractivity contribution >= 4 is 5.84 Å². The van der Waals surface area contributed by atoms with Crippen LogP contribution in [0.2, 0.25) is 0 Å². The summed E-state index contributed by atoms with van der Waals surface area (Å²) in [6.07, 6.45) is 22.9. The molecule has 1 atom stereocenters. The van der Waals surface area contributed by atoms with E-state index in [1.54, 1.807) is 10.7 Å². The first-order valence-corrected chi connectivity index (χ1v) is 12.2. The van der Waals surface area contributed by atoms with E-state index in [-0.39, 0.29) is 0 Å². The molecular formula is C24H50N2+2. The molecule has 0 aromatic carbocycles. The molecule has 1 rings (SSSR count). The molecule has 0 spiro atoms. The molecular weight excluding hydrogens is 316 g/mol. The Morgan fingerprint density at radius 1 is 0.654 bits per heavy atom. The van der Waals surface area contributed by atoms with Gasteiger partial charge in [0.05, 0.1) is 13.5 Å². The third-order valence-corrected chi connectivity index (χ3v) is 6.28. The summed E-state index contributed by atoms with van der Waals surface area (Å²) < 4.78 is 2.68. The summed E-state index contributed by atoms with van der Waals surface area (Å²) in [5.41, 5.74) is 0. The van der Waals surface area contributed by atoms with Gasteiger partial charge < -0.3 is 0 Å². The molecule has 0 bridgehead atoms. The Bertz CT molecular complexity index is 348.